The molecule has 1 aromatic heterocycles. The van der Waals surface area contributed by atoms with Gasteiger partial charge in [-0.3, -0.25) is 14.9 Å². The molecule has 7 heteroatoms. The lowest BCUT2D eigenvalue weighted by molar-refractivity contribution is -0.401. The summed E-state index contributed by atoms with van der Waals surface area (Å²) in [6, 6.07) is 4.43. The van der Waals surface area contributed by atoms with E-state index in [0.717, 1.165) is 0 Å². The molecule has 1 heterocycles. The van der Waals surface area contributed by atoms with Gasteiger partial charge in [0.15, 0.2) is 5.58 Å². The fourth-order valence-electron chi connectivity index (χ4n) is 1.64. The minimum Gasteiger partial charge on any atom is -0.496 e. The molecule has 0 radical (unpaired) electrons. The van der Waals surface area contributed by atoms with E-state index in [9.17, 15) is 14.9 Å². The van der Waals surface area contributed by atoms with Crippen molar-refractivity contribution in [2.24, 2.45) is 0 Å². The van der Waals surface area contributed by atoms with Crippen LogP contribution in [0.25, 0.3) is 11.0 Å². The van der Waals surface area contributed by atoms with Gasteiger partial charge >= 0.3 is 5.88 Å². The van der Waals surface area contributed by atoms with E-state index in [-0.39, 0.29) is 11.5 Å². The zero-order valence-electron chi connectivity index (χ0n) is 9.72. The smallest absolute Gasteiger partial charge is 0.434 e. The number of carbonyl (C=O) groups is 1. The van der Waals surface area contributed by atoms with Gasteiger partial charge in [-0.1, -0.05) is 0 Å². The number of anilines is 1. The van der Waals surface area contributed by atoms with E-state index in [1.807, 2.05) is 0 Å². The molecule has 0 atom stereocenters. The number of nitrogens with zero attached hydrogens (tertiary/aromatic N) is 1. The van der Waals surface area contributed by atoms with E-state index in [1.54, 1.807) is 12.1 Å². The van der Waals surface area contributed by atoms with Gasteiger partial charge in [0.05, 0.1) is 24.2 Å². The molecule has 0 saturated heterocycles. The van der Waals surface area contributed by atoms with Crippen LogP contribution in [0.5, 0.6) is 5.75 Å². The minimum atomic E-state index is -0.642. The van der Waals surface area contributed by atoms with Gasteiger partial charge in [0, 0.05) is 6.92 Å². The van der Waals surface area contributed by atoms with E-state index in [2.05, 4.69) is 5.32 Å². The van der Waals surface area contributed by atoms with Crippen LogP contribution in [0.3, 0.4) is 0 Å². The number of methoxy groups -OCH3 is 1. The first-order chi connectivity index (χ1) is 8.52. The topological polar surface area (TPSA) is 94.6 Å². The number of benzene rings is 1. The van der Waals surface area contributed by atoms with Gasteiger partial charge in [0.2, 0.25) is 5.91 Å². The van der Waals surface area contributed by atoms with Crippen molar-refractivity contribution in [3.8, 4) is 5.75 Å². The molecule has 0 unspecified atom stereocenters. The highest BCUT2D eigenvalue weighted by molar-refractivity contribution is 6.01. The molecule has 0 fully saturated rings. The maximum absolute atomic E-state index is 11.0. The van der Waals surface area contributed by atoms with Crippen molar-refractivity contribution in [2.45, 2.75) is 6.92 Å². The Kier molecular flexibility index (Phi) is 2.88. The summed E-state index contributed by atoms with van der Waals surface area (Å²) in [5.41, 5.74) is 0.586. The fraction of sp³-hybridized carbons (Fsp3) is 0.182. The summed E-state index contributed by atoms with van der Waals surface area (Å²) < 4.78 is 10.2. The number of hydrogen-bond acceptors (Lipinski definition) is 5. The van der Waals surface area contributed by atoms with Crippen molar-refractivity contribution in [2.75, 3.05) is 12.4 Å². The van der Waals surface area contributed by atoms with Gasteiger partial charge in [-0.05, 0) is 12.1 Å². The SMILES string of the molecule is COc1ccc(NC(C)=O)c2oc([N+](=O)[O-])cc12. The molecule has 7 nitrogen and oxygen atoms in total. The molecule has 18 heavy (non-hydrogen) atoms. The minimum absolute atomic E-state index is 0.219. The summed E-state index contributed by atoms with van der Waals surface area (Å²) in [6.07, 6.45) is 0. The van der Waals surface area contributed by atoms with Crippen molar-refractivity contribution in [1.29, 1.82) is 0 Å². The van der Waals surface area contributed by atoms with Crippen molar-refractivity contribution >= 4 is 28.4 Å². The second-order valence-electron chi connectivity index (χ2n) is 3.58. The van der Waals surface area contributed by atoms with Gasteiger partial charge in [-0.25, -0.2) is 0 Å². The zero-order chi connectivity index (χ0) is 13.3. The average molecular weight is 250 g/mol. The number of nitro groups is 1. The Morgan fingerprint density at radius 3 is 2.78 bits per heavy atom. The molecule has 2 rings (SSSR count). The van der Waals surface area contributed by atoms with E-state index >= 15 is 0 Å². The average Bonchev–Trinajstić information content (AvgIpc) is 2.74. The number of rotatable bonds is 3. The van der Waals surface area contributed by atoms with Crippen LogP contribution in [0.2, 0.25) is 0 Å². The number of ether oxygens (including phenoxy) is 1. The lowest BCUT2D eigenvalue weighted by Gasteiger charge is -2.05. The monoisotopic (exact) mass is 250 g/mol. The second-order valence-corrected chi connectivity index (χ2v) is 3.58. The first kappa shape index (κ1) is 11.9. The highest BCUT2D eigenvalue weighted by Gasteiger charge is 2.19. The summed E-state index contributed by atoms with van der Waals surface area (Å²) in [6.45, 7) is 1.34. The molecule has 1 aromatic carbocycles. The first-order valence-electron chi connectivity index (χ1n) is 5.05. The Morgan fingerprint density at radius 1 is 1.50 bits per heavy atom. The van der Waals surface area contributed by atoms with Crippen molar-refractivity contribution in [3.63, 3.8) is 0 Å². The summed E-state index contributed by atoms with van der Waals surface area (Å²) in [7, 11) is 1.45. The Labute approximate surface area is 101 Å². The zero-order valence-corrected chi connectivity index (χ0v) is 9.72. The molecule has 0 aliphatic carbocycles. The van der Waals surface area contributed by atoms with Gasteiger partial charge in [-0.15, -0.1) is 0 Å². The lowest BCUT2D eigenvalue weighted by Crippen LogP contribution is -2.05. The second kappa shape index (κ2) is 4.36. The number of nitrogens with one attached hydrogen (secondary N) is 1. The maximum Gasteiger partial charge on any atom is 0.434 e. The Hall–Kier alpha value is -2.57. The number of carbonyl (C=O) groups excluding carboxylic acids is 1. The molecule has 0 spiro atoms. The predicted octanol–water partition coefficient (Wildman–Crippen LogP) is 2.31. The summed E-state index contributed by atoms with van der Waals surface area (Å²) >= 11 is 0. The quantitative estimate of drug-likeness (QED) is 0.666. The highest BCUT2D eigenvalue weighted by atomic mass is 16.6. The van der Waals surface area contributed by atoms with Crippen LogP contribution in [0.4, 0.5) is 11.6 Å². The molecule has 1 N–H and O–H groups in total. The van der Waals surface area contributed by atoms with Crippen molar-refractivity contribution < 1.29 is 18.9 Å². The first-order valence-corrected chi connectivity index (χ1v) is 5.05. The number of hydrogen-bond donors (Lipinski definition) is 1. The van der Waals surface area contributed by atoms with Gasteiger partial charge in [0.25, 0.3) is 0 Å². The number of amides is 1. The molecule has 2 aromatic rings. The van der Waals surface area contributed by atoms with E-state index in [1.165, 1.54) is 20.1 Å². The molecular weight excluding hydrogens is 240 g/mol. The molecule has 0 aliphatic heterocycles. The van der Waals surface area contributed by atoms with Crippen molar-refractivity contribution in [1.82, 2.24) is 0 Å². The molecule has 94 valence electrons. The summed E-state index contributed by atoms with van der Waals surface area (Å²) in [5, 5.41) is 13.7. The van der Waals surface area contributed by atoms with Crippen LogP contribution in [0, 0.1) is 10.1 Å². The predicted molar refractivity (Wildman–Crippen MR) is 63.7 cm³/mol. The van der Waals surface area contributed by atoms with Crippen LogP contribution in [0.1, 0.15) is 6.92 Å². The third kappa shape index (κ3) is 1.97. The summed E-state index contributed by atoms with van der Waals surface area (Å²) in [5.74, 6) is -0.252. The fourth-order valence-corrected chi connectivity index (χ4v) is 1.64. The number of furan rings is 1. The van der Waals surface area contributed by atoms with Crippen LogP contribution in [-0.4, -0.2) is 17.9 Å². The molecular formula is C11H10N2O5. The molecule has 0 aliphatic rings. The van der Waals surface area contributed by atoms with Crippen LogP contribution >= 0.6 is 0 Å². The van der Waals surface area contributed by atoms with Crippen LogP contribution in [-0.2, 0) is 4.79 Å². The van der Waals surface area contributed by atoms with E-state index in [4.69, 9.17) is 9.15 Å². The van der Waals surface area contributed by atoms with E-state index in [0.29, 0.717) is 16.8 Å². The third-order valence-electron chi connectivity index (χ3n) is 2.34. The highest BCUT2D eigenvalue weighted by Crippen LogP contribution is 2.36. The maximum atomic E-state index is 11.0. The van der Waals surface area contributed by atoms with Crippen molar-refractivity contribution in [3.05, 3.63) is 28.3 Å². The van der Waals surface area contributed by atoms with Gasteiger partial charge in [0.1, 0.15) is 10.7 Å². The number of fused-ring (bicyclic) bond motifs is 1. The van der Waals surface area contributed by atoms with Gasteiger partial charge < -0.3 is 14.5 Å². The third-order valence-corrected chi connectivity index (χ3v) is 2.34. The molecule has 0 saturated carbocycles. The Morgan fingerprint density at radius 2 is 2.22 bits per heavy atom. The van der Waals surface area contributed by atoms with Crippen LogP contribution < -0.4 is 10.1 Å². The van der Waals surface area contributed by atoms with E-state index < -0.39 is 10.8 Å². The molecule has 1 amide bonds. The van der Waals surface area contributed by atoms with Crippen LogP contribution in [0.15, 0.2) is 22.6 Å². The van der Waals surface area contributed by atoms with Gasteiger partial charge in [-0.2, -0.15) is 0 Å². The normalized spacial score (nSPS) is 10.3. The Balaban J connectivity index is 2.67. The Bertz CT molecular complexity index is 632. The standard InChI is InChI=1S/C11H10N2O5/c1-6(14)12-8-3-4-9(17-2)7-5-10(13(15)16)18-11(7)8/h3-5H,1-2H3,(H,12,14). The summed E-state index contributed by atoms with van der Waals surface area (Å²) in [4.78, 5) is 21.1. The molecule has 0 bridgehead atoms. The largest absolute Gasteiger partial charge is 0.496 e. The lowest BCUT2D eigenvalue weighted by atomic mass is 10.2.